The first-order chi connectivity index (χ1) is 18.6. The second-order valence-corrected chi connectivity index (χ2v) is 10.7. The minimum atomic E-state index is -3.15. The molecule has 0 bridgehead atoms. The minimum Gasteiger partial charge on any atom is -0.480 e. The van der Waals surface area contributed by atoms with E-state index in [1.54, 1.807) is 18.5 Å². The molecule has 0 saturated carbocycles. The molecular formula is C25H26BrF3N4O5S. The van der Waals surface area contributed by atoms with E-state index in [2.05, 4.69) is 26.2 Å². The van der Waals surface area contributed by atoms with Crippen LogP contribution in [0.1, 0.15) is 30.0 Å². The molecule has 9 nitrogen and oxygen atoms in total. The Labute approximate surface area is 234 Å². The number of alkyl halides is 2. The molecule has 39 heavy (non-hydrogen) atoms. The van der Waals surface area contributed by atoms with Gasteiger partial charge in [-0.15, -0.1) is 11.3 Å². The number of carboxylic acids is 1. The third-order valence-corrected chi connectivity index (χ3v) is 7.73. The van der Waals surface area contributed by atoms with Crippen molar-refractivity contribution < 1.29 is 37.3 Å². The van der Waals surface area contributed by atoms with E-state index < -0.39 is 48.8 Å². The van der Waals surface area contributed by atoms with Crippen LogP contribution in [0.25, 0.3) is 0 Å². The van der Waals surface area contributed by atoms with Gasteiger partial charge in [0.2, 0.25) is 0 Å². The van der Waals surface area contributed by atoms with Gasteiger partial charge in [0.25, 0.3) is 5.92 Å². The number of nitrogens with one attached hydrogen (secondary N) is 1. The number of rotatable bonds is 10. The number of aliphatic carboxylic acids is 1. The van der Waals surface area contributed by atoms with E-state index in [1.807, 2.05) is 0 Å². The van der Waals surface area contributed by atoms with E-state index in [0.29, 0.717) is 26.6 Å². The molecule has 2 aliphatic heterocycles. The molecule has 1 fully saturated rings. The lowest BCUT2D eigenvalue weighted by molar-refractivity contribution is -0.151. The molecule has 2 N–H and O–H groups in total. The number of piperidine rings is 1. The first-order valence-corrected chi connectivity index (χ1v) is 13.8. The zero-order valence-corrected chi connectivity index (χ0v) is 23.2. The van der Waals surface area contributed by atoms with E-state index >= 15 is 8.78 Å². The number of aliphatic imine (C=N–C) groups is 1. The van der Waals surface area contributed by atoms with Gasteiger partial charge in [0.15, 0.2) is 10.8 Å². The summed E-state index contributed by atoms with van der Waals surface area (Å²) in [6.45, 7) is 0.302. The van der Waals surface area contributed by atoms with Crippen LogP contribution in [0, 0.1) is 11.7 Å². The Hall–Kier alpha value is -2.81. The Morgan fingerprint density at radius 3 is 2.79 bits per heavy atom. The van der Waals surface area contributed by atoms with Crippen molar-refractivity contribution in [3.63, 3.8) is 0 Å². The number of esters is 1. The summed E-state index contributed by atoms with van der Waals surface area (Å²) in [6.07, 6.45) is 1.66. The zero-order valence-electron chi connectivity index (χ0n) is 20.8. The van der Waals surface area contributed by atoms with Crippen LogP contribution in [0.15, 0.2) is 50.5 Å². The normalized spacial score (nSPS) is 21.3. The van der Waals surface area contributed by atoms with Gasteiger partial charge in [0.1, 0.15) is 18.5 Å². The van der Waals surface area contributed by atoms with Crippen molar-refractivity contribution >= 4 is 45.0 Å². The van der Waals surface area contributed by atoms with Gasteiger partial charge < -0.3 is 19.9 Å². The number of likely N-dealkylation sites (tertiary alicyclic amines) is 1. The van der Waals surface area contributed by atoms with Crippen LogP contribution in [0.3, 0.4) is 0 Å². The Kier molecular flexibility index (Phi) is 9.41. The molecule has 1 saturated heterocycles. The second kappa shape index (κ2) is 12.6. The number of hydrogen-bond donors (Lipinski definition) is 2. The fourth-order valence-corrected chi connectivity index (χ4v) is 5.63. The highest BCUT2D eigenvalue weighted by atomic mass is 79.9. The summed E-state index contributed by atoms with van der Waals surface area (Å²) in [4.78, 5) is 34.4. The first kappa shape index (κ1) is 29.2. The number of halogens is 4. The monoisotopic (exact) mass is 630 g/mol. The van der Waals surface area contributed by atoms with Crippen LogP contribution in [-0.2, 0) is 19.1 Å². The molecule has 1 aromatic heterocycles. The van der Waals surface area contributed by atoms with Gasteiger partial charge in [-0.3, -0.25) is 9.89 Å². The Balaban J connectivity index is 1.67. The highest BCUT2D eigenvalue weighted by Crippen LogP contribution is 2.38. The SMILES string of the molecule is CCOC(=O)C1=C(CN2CCC(COCC(=O)O)C(F)(F)C2)NC(c2nccs2)=NC1c1ccc(F)cc1Br. The van der Waals surface area contributed by atoms with Gasteiger partial charge in [-0.2, -0.15) is 0 Å². The lowest BCUT2D eigenvalue weighted by Crippen LogP contribution is -2.51. The Morgan fingerprint density at radius 2 is 2.15 bits per heavy atom. The lowest BCUT2D eigenvalue weighted by Gasteiger charge is -2.39. The topological polar surface area (TPSA) is 113 Å². The number of amidine groups is 1. The maximum atomic E-state index is 15.0. The van der Waals surface area contributed by atoms with Crippen molar-refractivity contribution in [2.45, 2.75) is 25.3 Å². The summed E-state index contributed by atoms with van der Waals surface area (Å²) in [5, 5.41) is 14.1. The van der Waals surface area contributed by atoms with E-state index in [9.17, 15) is 14.0 Å². The predicted molar refractivity (Wildman–Crippen MR) is 140 cm³/mol. The van der Waals surface area contributed by atoms with Gasteiger partial charge in [0, 0.05) is 34.2 Å². The molecule has 4 rings (SSSR count). The molecule has 2 aliphatic rings. The van der Waals surface area contributed by atoms with Crippen molar-refractivity contribution in [1.29, 1.82) is 0 Å². The maximum absolute atomic E-state index is 15.0. The number of ether oxygens (including phenoxy) is 2. The number of aromatic nitrogens is 1. The summed E-state index contributed by atoms with van der Waals surface area (Å²) in [6, 6.07) is 3.10. The molecule has 2 aromatic rings. The number of thiazole rings is 1. The summed E-state index contributed by atoms with van der Waals surface area (Å²) in [5.41, 5.74) is 0.943. The van der Waals surface area contributed by atoms with Crippen LogP contribution < -0.4 is 5.32 Å². The standard InChI is InChI=1S/C25H26BrF3N4O5S/c1-2-38-24(36)20-18(10-33-7-5-14(25(28,29)13-33)11-37-12-19(34)35)31-22(23-30-6-8-39-23)32-21(20)16-4-3-15(27)9-17(16)26/h3-4,6,8-9,14,21H,2,5,7,10-13H2,1H3,(H,31,32)(H,34,35). The van der Waals surface area contributed by atoms with Gasteiger partial charge in [0.05, 0.1) is 25.3 Å². The van der Waals surface area contributed by atoms with E-state index in [-0.39, 0.29) is 38.3 Å². The Bertz CT molecular complexity index is 1270. The summed E-state index contributed by atoms with van der Waals surface area (Å²) < 4.78 is 54.6. The lowest BCUT2D eigenvalue weighted by atomic mass is 9.92. The number of hydrogen-bond acceptors (Lipinski definition) is 9. The maximum Gasteiger partial charge on any atom is 0.338 e. The summed E-state index contributed by atoms with van der Waals surface area (Å²) in [5.74, 6) is -6.33. The van der Waals surface area contributed by atoms with Crippen molar-refractivity contribution in [1.82, 2.24) is 15.2 Å². The van der Waals surface area contributed by atoms with Crippen LogP contribution in [-0.4, -0.2) is 78.1 Å². The smallest absolute Gasteiger partial charge is 0.338 e. The average Bonchev–Trinajstić information content (AvgIpc) is 3.40. The molecule has 2 unspecified atom stereocenters. The van der Waals surface area contributed by atoms with Crippen molar-refractivity contribution in [2.75, 3.05) is 39.5 Å². The molecular weight excluding hydrogens is 605 g/mol. The van der Waals surface area contributed by atoms with Crippen molar-refractivity contribution in [2.24, 2.45) is 10.9 Å². The van der Waals surface area contributed by atoms with Crippen LogP contribution in [0.5, 0.6) is 0 Å². The average molecular weight is 631 g/mol. The zero-order chi connectivity index (χ0) is 28.2. The summed E-state index contributed by atoms with van der Waals surface area (Å²) >= 11 is 4.67. The quantitative estimate of drug-likeness (QED) is 0.379. The highest BCUT2D eigenvalue weighted by Gasteiger charge is 2.45. The van der Waals surface area contributed by atoms with Crippen molar-refractivity contribution in [3.05, 3.63) is 61.9 Å². The first-order valence-electron chi connectivity index (χ1n) is 12.1. The van der Waals surface area contributed by atoms with E-state index in [0.717, 1.165) is 0 Å². The predicted octanol–water partition coefficient (Wildman–Crippen LogP) is 4.01. The summed E-state index contributed by atoms with van der Waals surface area (Å²) in [7, 11) is 0. The van der Waals surface area contributed by atoms with Crippen LogP contribution in [0.2, 0.25) is 0 Å². The molecule has 0 amide bonds. The van der Waals surface area contributed by atoms with Gasteiger partial charge >= 0.3 is 11.9 Å². The van der Waals surface area contributed by atoms with Gasteiger partial charge in [-0.25, -0.2) is 27.7 Å². The highest BCUT2D eigenvalue weighted by molar-refractivity contribution is 9.10. The second-order valence-electron chi connectivity index (χ2n) is 8.99. The van der Waals surface area contributed by atoms with Gasteiger partial charge in [-0.05, 0) is 37.6 Å². The third-order valence-electron chi connectivity index (χ3n) is 6.27. The molecule has 1 aromatic carbocycles. The Morgan fingerprint density at radius 1 is 1.36 bits per heavy atom. The number of benzene rings is 1. The molecule has 0 radical (unpaired) electrons. The van der Waals surface area contributed by atoms with Crippen molar-refractivity contribution in [3.8, 4) is 0 Å². The van der Waals surface area contributed by atoms with E-state index in [1.165, 1.54) is 34.4 Å². The molecule has 2 atom stereocenters. The largest absolute Gasteiger partial charge is 0.480 e. The number of carbonyl (C=O) groups is 2. The molecule has 210 valence electrons. The van der Waals surface area contributed by atoms with Crippen LogP contribution >= 0.6 is 27.3 Å². The fraction of sp³-hybridized carbons (Fsp3) is 0.440. The number of nitrogens with zero attached hydrogens (tertiary/aromatic N) is 3. The number of carbonyl (C=O) groups excluding carboxylic acids is 1. The van der Waals surface area contributed by atoms with Crippen LogP contribution in [0.4, 0.5) is 13.2 Å². The van der Waals surface area contributed by atoms with E-state index in [4.69, 9.17) is 19.6 Å². The molecule has 14 heteroatoms. The molecule has 0 aliphatic carbocycles. The minimum absolute atomic E-state index is 0.0495. The third kappa shape index (κ3) is 7.04. The van der Waals surface area contributed by atoms with Gasteiger partial charge in [-0.1, -0.05) is 22.0 Å². The fourth-order valence-electron chi connectivity index (χ4n) is 4.48. The molecule has 0 spiro atoms. The molecule has 3 heterocycles. The number of carboxylic acid groups (broad SMARTS) is 1.